The summed E-state index contributed by atoms with van der Waals surface area (Å²) in [6.07, 6.45) is 82.3. The average Bonchev–Trinajstić information content (AvgIpc) is 3.41. The van der Waals surface area contributed by atoms with E-state index >= 15 is 0 Å². The minimum absolute atomic E-state index is 0.0161. The Morgan fingerprint density at radius 1 is 0.373 bits per heavy atom. The second-order valence-electron chi connectivity index (χ2n) is 23.2. The zero-order valence-electron chi connectivity index (χ0n) is 50.5. The predicted molar refractivity (Wildman–Crippen MR) is 329 cm³/mol. The molecule has 1 amide bonds. The van der Waals surface area contributed by atoms with Crippen LogP contribution in [0.3, 0.4) is 0 Å². The molecule has 0 radical (unpaired) electrons. The summed E-state index contributed by atoms with van der Waals surface area (Å²) >= 11 is 0. The number of ether oxygens (including phenoxy) is 1. The molecule has 0 spiro atoms. The lowest BCUT2D eigenvalue weighted by Crippen LogP contribution is -2.45. The highest BCUT2D eigenvalue weighted by Gasteiger charge is 2.18. The van der Waals surface area contributed by atoms with Gasteiger partial charge < -0.3 is 20.3 Å². The maximum absolute atomic E-state index is 12.4. The van der Waals surface area contributed by atoms with E-state index in [2.05, 4.69) is 43.5 Å². The maximum atomic E-state index is 12.4. The van der Waals surface area contributed by atoms with Crippen molar-refractivity contribution in [2.75, 3.05) is 13.2 Å². The van der Waals surface area contributed by atoms with Crippen LogP contribution < -0.4 is 5.32 Å². The van der Waals surface area contributed by atoms with Gasteiger partial charge in [0.15, 0.2) is 0 Å². The SMILES string of the molecule is CCCCC/C=C\C/C=C\CCCCCCCCCCCC(=O)OCCCCCCCCCCCCCCCCCCCCCCCCCCCCCCCCC(=O)NC(CO)C(O)/C=C/CCCCCCCCC. The largest absolute Gasteiger partial charge is 0.466 e. The highest BCUT2D eigenvalue weighted by molar-refractivity contribution is 5.76. The van der Waals surface area contributed by atoms with Crippen LogP contribution in [0.5, 0.6) is 0 Å². The first-order chi connectivity index (χ1) is 37.0. The Kier molecular flexibility index (Phi) is 63.0. The lowest BCUT2D eigenvalue weighted by molar-refractivity contribution is -0.143. The Morgan fingerprint density at radius 3 is 1.04 bits per heavy atom. The van der Waals surface area contributed by atoms with E-state index in [4.69, 9.17) is 4.74 Å². The zero-order valence-corrected chi connectivity index (χ0v) is 50.5. The number of hydrogen-bond acceptors (Lipinski definition) is 5. The van der Waals surface area contributed by atoms with Crippen LogP contribution in [0.15, 0.2) is 36.5 Å². The molecule has 442 valence electrons. The van der Waals surface area contributed by atoms with Gasteiger partial charge in [0.1, 0.15) is 0 Å². The van der Waals surface area contributed by atoms with Gasteiger partial charge in [0, 0.05) is 12.8 Å². The van der Waals surface area contributed by atoms with Crippen molar-refractivity contribution in [1.29, 1.82) is 0 Å². The smallest absolute Gasteiger partial charge is 0.305 e. The van der Waals surface area contributed by atoms with E-state index < -0.39 is 12.1 Å². The number of unbranched alkanes of at least 4 members (excludes halogenated alkanes) is 48. The molecular formula is C69H131NO5. The summed E-state index contributed by atoms with van der Waals surface area (Å²) in [5, 5.41) is 23.0. The molecular weight excluding hydrogens is 923 g/mol. The molecule has 2 unspecified atom stereocenters. The predicted octanol–water partition coefficient (Wildman–Crippen LogP) is 21.5. The molecule has 0 aliphatic rings. The highest BCUT2D eigenvalue weighted by atomic mass is 16.5. The van der Waals surface area contributed by atoms with Crippen molar-refractivity contribution in [2.24, 2.45) is 0 Å². The Balaban J connectivity index is 3.30. The van der Waals surface area contributed by atoms with Crippen LogP contribution in [0.1, 0.15) is 367 Å². The van der Waals surface area contributed by atoms with Gasteiger partial charge in [-0.3, -0.25) is 9.59 Å². The normalized spacial score (nSPS) is 12.7. The van der Waals surface area contributed by atoms with Crippen molar-refractivity contribution < 1.29 is 24.5 Å². The summed E-state index contributed by atoms with van der Waals surface area (Å²) in [5.41, 5.74) is 0. The number of amides is 1. The van der Waals surface area contributed by atoms with Gasteiger partial charge >= 0.3 is 5.97 Å². The highest BCUT2D eigenvalue weighted by Crippen LogP contribution is 2.18. The molecule has 0 saturated heterocycles. The molecule has 0 rings (SSSR count). The molecule has 0 bridgehead atoms. The maximum Gasteiger partial charge on any atom is 0.305 e. The van der Waals surface area contributed by atoms with Crippen molar-refractivity contribution in [1.82, 2.24) is 5.32 Å². The van der Waals surface area contributed by atoms with Crippen LogP contribution in [-0.4, -0.2) is 47.4 Å². The number of nitrogens with one attached hydrogen (secondary N) is 1. The van der Waals surface area contributed by atoms with Crippen LogP contribution in [0.2, 0.25) is 0 Å². The van der Waals surface area contributed by atoms with Gasteiger partial charge in [-0.1, -0.05) is 326 Å². The number of carbonyl (C=O) groups excluding carboxylic acids is 2. The van der Waals surface area contributed by atoms with E-state index in [1.807, 2.05) is 6.08 Å². The van der Waals surface area contributed by atoms with Gasteiger partial charge in [-0.2, -0.15) is 0 Å². The second kappa shape index (κ2) is 64.6. The van der Waals surface area contributed by atoms with Gasteiger partial charge in [0.2, 0.25) is 5.91 Å². The Morgan fingerprint density at radius 2 is 0.667 bits per heavy atom. The lowest BCUT2D eigenvalue weighted by atomic mass is 10.0. The fourth-order valence-electron chi connectivity index (χ4n) is 10.5. The number of esters is 1. The number of aliphatic hydroxyl groups is 2. The molecule has 6 nitrogen and oxygen atoms in total. The van der Waals surface area contributed by atoms with E-state index in [9.17, 15) is 19.8 Å². The van der Waals surface area contributed by atoms with Crippen molar-refractivity contribution in [3.8, 4) is 0 Å². The topological polar surface area (TPSA) is 95.9 Å². The van der Waals surface area contributed by atoms with Crippen LogP contribution in [0, 0.1) is 0 Å². The van der Waals surface area contributed by atoms with Gasteiger partial charge in [0.05, 0.1) is 25.4 Å². The van der Waals surface area contributed by atoms with E-state index in [0.29, 0.717) is 19.4 Å². The first kappa shape index (κ1) is 73.1. The van der Waals surface area contributed by atoms with Gasteiger partial charge in [-0.05, 0) is 64.2 Å². The van der Waals surface area contributed by atoms with Crippen molar-refractivity contribution in [3.63, 3.8) is 0 Å². The Bertz CT molecular complexity index is 1210. The third-order valence-corrected chi connectivity index (χ3v) is 15.7. The van der Waals surface area contributed by atoms with Crippen LogP contribution >= 0.6 is 0 Å². The quantitative estimate of drug-likeness (QED) is 0.0320. The summed E-state index contributed by atoms with van der Waals surface area (Å²) in [6, 6.07) is -0.622. The van der Waals surface area contributed by atoms with E-state index in [1.165, 1.54) is 289 Å². The minimum Gasteiger partial charge on any atom is -0.466 e. The van der Waals surface area contributed by atoms with Crippen LogP contribution in [0.4, 0.5) is 0 Å². The molecule has 0 aliphatic heterocycles. The molecule has 3 N–H and O–H groups in total. The minimum atomic E-state index is -0.839. The number of allylic oxidation sites excluding steroid dienone is 5. The number of carbonyl (C=O) groups is 2. The molecule has 2 atom stereocenters. The van der Waals surface area contributed by atoms with Crippen molar-refractivity contribution >= 4 is 11.9 Å². The third-order valence-electron chi connectivity index (χ3n) is 15.7. The van der Waals surface area contributed by atoms with E-state index in [0.717, 1.165) is 51.4 Å². The Labute approximate surface area is 468 Å². The molecule has 0 aromatic carbocycles. The average molecular weight is 1050 g/mol. The molecule has 75 heavy (non-hydrogen) atoms. The zero-order chi connectivity index (χ0) is 54.3. The Hall–Kier alpha value is -1.92. The number of rotatable bonds is 63. The van der Waals surface area contributed by atoms with Crippen LogP contribution in [0.25, 0.3) is 0 Å². The monoisotopic (exact) mass is 1050 g/mol. The summed E-state index contributed by atoms with van der Waals surface area (Å²) in [6.45, 7) is 4.87. The van der Waals surface area contributed by atoms with Crippen molar-refractivity contribution in [2.45, 2.75) is 379 Å². The molecule has 0 saturated carbocycles. The number of hydrogen-bond donors (Lipinski definition) is 3. The summed E-state index contributed by atoms with van der Waals surface area (Å²) in [7, 11) is 0. The van der Waals surface area contributed by atoms with Gasteiger partial charge in [-0.15, -0.1) is 0 Å². The molecule has 6 heteroatoms. The fraction of sp³-hybridized carbons (Fsp3) is 0.884. The lowest BCUT2D eigenvalue weighted by Gasteiger charge is -2.20. The molecule has 0 aromatic heterocycles. The van der Waals surface area contributed by atoms with Crippen molar-refractivity contribution in [3.05, 3.63) is 36.5 Å². The van der Waals surface area contributed by atoms with Gasteiger partial charge in [0.25, 0.3) is 0 Å². The van der Waals surface area contributed by atoms with Crippen LogP contribution in [-0.2, 0) is 14.3 Å². The van der Waals surface area contributed by atoms with E-state index in [-0.39, 0.29) is 18.5 Å². The number of aliphatic hydroxyl groups excluding tert-OH is 2. The molecule has 0 aliphatic carbocycles. The van der Waals surface area contributed by atoms with E-state index in [1.54, 1.807) is 6.08 Å². The summed E-state index contributed by atoms with van der Waals surface area (Å²) in [5.74, 6) is -0.0497. The molecule has 0 fully saturated rings. The van der Waals surface area contributed by atoms with Gasteiger partial charge in [-0.25, -0.2) is 0 Å². The second-order valence-corrected chi connectivity index (χ2v) is 23.2. The summed E-state index contributed by atoms with van der Waals surface area (Å²) < 4.78 is 5.51. The molecule has 0 aromatic rings. The summed E-state index contributed by atoms with van der Waals surface area (Å²) in [4.78, 5) is 24.5. The first-order valence-corrected chi connectivity index (χ1v) is 33.8. The third kappa shape index (κ3) is 61.2. The first-order valence-electron chi connectivity index (χ1n) is 33.8. The molecule has 0 heterocycles. The standard InChI is InChI=1S/C69H131NO5/c1-3-5-7-9-11-13-14-15-16-17-30-34-37-40-43-47-51-55-59-63-69(74)75-64-60-56-52-48-44-41-38-35-32-29-27-25-23-21-19-18-20-22-24-26-28-31-33-36-39-42-46-50-54-58-62-68(73)70-66(65-71)67(72)61-57-53-49-45-12-10-8-6-4-2/h11,13,15-16,57,61,66-67,71-72H,3-10,12,14,17-56,58-60,62-65H2,1-2H3,(H,70,73)/b13-11-,16-15-,61-57+. The fourth-order valence-corrected chi connectivity index (χ4v) is 10.5.